The van der Waals surface area contributed by atoms with Crippen molar-refractivity contribution in [3.63, 3.8) is 0 Å². The fourth-order valence-corrected chi connectivity index (χ4v) is 0.906. The number of halogens is 5. The van der Waals surface area contributed by atoms with Gasteiger partial charge >= 0.3 is 6.18 Å². The highest BCUT2D eigenvalue weighted by Gasteiger charge is 2.31. The molecule has 78 valence electrons. The molecule has 1 nitrogen and oxygen atoms in total. The van der Waals surface area contributed by atoms with Crippen molar-refractivity contribution in [1.29, 1.82) is 0 Å². The summed E-state index contributed by atoms with van der Waals surface area (Å²) >= 11 is 0. The SMILES string of the molecule is Oc1ccc(C(F)(F)F)cc1C(F)F. The summed E-state index contributed by atoms with van der Waals surface area (Å²) in [6.07, 6.45) is -7.81. The van der Waals surface area contributed by atoms with Crippen molar-refractivity contribution >= 4 is 0 Å². The molecule has 1 aromatic carbocycles. The molecule has 0 aliphatic carbocycles. The number of aromatic hydroxyl groups is 1. The predicted octanol–water partition coefficient (Wildman–Crippen LogP) is 3.35. The van der Waals surface area contributed by atoms with Gasteiger partial charge in [0.15, 0.2) is 0 Å². The van der Waals surface area contributed by atoms with Crippen molar-refractivity contribution in [2.45, 2.75) is 12.6 Å². The molecule has 1 aromatic rings. The van der Waals surface area contributed by atoms with E-state index in [0.717, 1.165) is 0 Å². The van der Waals surface area contributed by atoms with Crippen LogP contribution in [0.3, 0.4) is 0 Å². The van der Waals surface area contributed by atoms with Gasteiger partial charge in [-0.15, -0.1) is 0 Å². The van der Waals surface area contributed by atoms with E-state index in [9.17, 15) is 22.0 Å². The van der Waals surface area contributed by atoms with Crippen LogP contribution in [0.4, 0.5) is 22.0 Å². The number of phenolic OH excluding ortho intramolecular Hbond substituents is 1. The van der Waals surface area contributed by atoms with Crippen LogP contribution in [0.2, 0.25) is 0 Å². The van der Waals surface area contributed by atoms with Gasteiger partial charge in [0.1, 0.15) is 5.75 Å². The summed E-state index contributed by atoms with van der Waals surface area (Å²) < 4.78 is 60.2. The molecular formula is C8H5F5O. The van der Waals surface area contributed by atoms with Crippen molar-refractivity contribution in [3.8, 4) is 5.75 Å². The first-order valence-electron chi connectivity index (χ1n) is 3.50. The number of hydrogen-bond acceptors (Lipinski definition) is 1. The minimum atomic E-state index is -4.68. The van der Waals surface area contributed by atoms with Gasteiger partial charge in [-0.2, -0.15) is 13.2 Å². The quantitative estimate of drug-likeness (QED) is 0.707. The van der Waals surface area contributed by atoms with Gasteiger partial charge in [-0.3, -0.25) is 0 Å². The highest BCUT2D eigenvalue weighted by atomic mass is 19.4. The lowest BCUT2D eigenvalue weighted by Crippen LogP contribution is -2.05. The lowest BCUT2D eigenvalue weighted by molar-refractivity contribution is -0.137. The molecule has 0 saturated heterocycles. The molecule has 0 aliphatic heterocycles. The monoisotopic (exact) mass is 212 g/mol. The Morgan fingerprint density at radius 1 is 1.14 bits per heavy atom. The highest BCUT2D eigenvalue weighted by Crippen LogP contribution is 2.35. The predicted molar refractivity (Wildman–Crippen MR) is 38.1 cm³/mol. The number of benzene rings is 1. The van der Waals surface area contributed by atoms with Gasteiger partial charge in [-0.1, -0.05) is 0 Å². The summed E-state index contributed by atoms with van der Waals surface area (Å²) in [5.74, 6) is -0.840. The zero-order valence-electron chi connectivity index (χ0n) is 6.65. The molecule has 0 aromatic heterocycles. The lowest BCUT2D eigenvalue weighted by Gasteiger charge is -2.09. The molecule has 0 aliphatic rings. The van der Waals surface area contributed by atoms with E-state index in [4.69, 9.17) is 5.11 Å². The maximum Gasteiger partial charge on any atom is 0.416 e. The number of hydrogen-bond donors (Lipinski definition) is 1. The van der Waals surface area contributed by atoms with Gasteiger partial charge in [-0.05, 0) is 18.2 Å². The molecule has 0 amide bonds. The molecule has 0 fully saturated rings. The lowest BCUT2D eigenvalue weighted by atomic mass is 10.1. The van der Waals surface area contributed by atoms with Crippen molar-refractivity contribution in [2.24, 2.45) is 0 Å². The molecule has 0 saturated carbocycles. The summed E-state index contributed by atoms with van der Waals surface area (Å²) in [6, 6.07) is 1.38. The van der Waals surface area contributed by atoms with E-state index >= 15 is 0 Å². The molecule has 0 spiro atoms. The molecule has 0 heterocycles. The first-order chi connectivity index (χ1) is 6.32. The van der Waals surface area contributed by atoms with Crippen LogP contribution in [0.1, 0.15) is 17.6 Å². The topological polar surface area (TPSA) is 20.2 Å². The van der Waals surface area contributed by atoms with E-state index in [2.05, 4.69) is 0 Å². The Labute approximate surface area is 75.8 Å². The zero-order valence-corrected chi connectivity index (χ0v) is 6.65. The summed E-state index contributed by atoms with van der Waals surface area (Å²) in [6.45, 7) is 0. The van der Waals surface area contributed by atoms with E-state index in [1.807, 2.05) is 0 Å². The van der Waals surface area contributed by atoms with Crippen LogP contribution < -0.4 is 0 Å². The Kier molecular flexibility index (Phi) is 2.64. The van der Waals surface area contributed by atoms with Gasteiger partial charge in [0, 0.05) is 0 Å². The first-order valence-corrected chi connectivity index (χ1v) is 3.50. The van der Waals surface area contributed by atoms with Crippen LogP contribution in [0.5, 0.6) is 5.75 Å². The Morgan fingerprint density at radius 2 is 1.71 bits per heavy atom. The Bertz CT molecular complexity index is 331. The summed E-state index contributed by atoms with van der Waals surface area (Å²) in [5, 5.41) is 8.82. The smallest absolute Gasteiger partial charge is 0.416 e. The molecule has 0 radical (unpaired) electrons. The summed E-state index contributed by atoms with van der Waals surface area (Å²) in [7, 11) is 0. The van der Waals surface area contributed by atoms with Crippen molar-refractivity contribution in [1.82, 2.24) is 0 Å². The average molecular weight is 212 g/mol. The molecule has 14 heavy (non-hydrogen) atoms. The second-order valence-electron chi connectivity index (χ2n) is 2.57. The van der Waals surface area contributed by atoms with Crippen LogP contribution in [-0.2, 0) is 6.18 Å². The fourth-order valence-electron chi connectivity index (χ4n) is 0.906. The maximum atomic E-state index is 12.1. The van der Waals surface area contributed by atoms with E-state index in [1.54, 1.807) is 0 Å². The Balaban J connectivity index is 3.20. The largest absolute Gasteiger partial charge is 0.507 e. The highest BCUT2D eigenvalue weighted by molar-refractivity contribution is 5.37. The van der Waals surface area contributed by atoms with Crippen LogP contribution in [0.15, 0.2) is 18.2 Å². The standard InChI is InChI=1S/C8H5F5O/c9-7(10)5-3-4(8(11,12)13)1-2-6(5)14/h1-3,7,14H. The molecule has 0 atom stereocenters. The molecular weight excluding hydrogens is 207 g/mol. The molecule has 0 unspecified atom stereocenters. The van der Waals surface area contributed by atoms with Crippen LogP contribution in [0, 0.1) is 0 Å². The number of alkyl halides is 5. The van der Waals surface area contributed by atoms with Gasteiger partial charge in [-0.25, -0.2) is 8.78 Å². The number of rotatable bonds is 1. The molecule has 6 heteroatoms. The fraction of sp³-hybridized carbons (Fsp3) is 0.250. The minimum absolute atomic E-state index is 0.236. The average Bonchev–Trinajstić information content (AvgIpc) is 2.02. The summed E-state index contributed by atoms with van der Waals surface area (Å²) in [5.41, 5.74) is -2.22. The van der Waals surface area contributed by atoms with Crippen LogP contribution in [-0.4, -0.2) is 5.11 Å². The van der Waals surface area contributed by atoms with Crippen LogP contribution in [0.25, 0.3) is 0 Å². The third-order valence-electron chi connectivity index (χ3n) is 1.59. The van der Waals surface area contributed by atoms with Gasteiger partial charge in [0.2, 0.25) is 0 Å². The molecule has 0 bridgehead atoms. The van der Waals surface area contributed by atoms with E-state index < -0.39 is 29.5 Å². The van der Waals surface area contributed by atoms with Crippen molar-refractivity contribution in [3.05, 3.63) is 29.3 Å². The van der Waals surface area contributed by atoms with Crippen molar-refractivity contribution in [2.75, 3.05) is 0 Å². The minimum Gasteiger partial charge on any atom is -0.507 e. The number of phenols is 1. The third-order valence-corrected chi connectivity index (χ3v) is 1.59. The zero-order chi connectivity index (χ0) is 10.9. The van der Waals surface area contributed by atoms with Crippen LogP contribution >= 0.6 is 0 Å². The first kappa shape index (κ1) is 10.7. The van der Waals surface area contributed by atoms with E-state index in [1.165, 1.54) is 0 Å². The van der Waals surface area contributed by atoms with Gasteiger partial charge < -0.3 is 5.11 Å². The molecule has 1 rings (SSSR count). The van der Waals surface area contributed by atoms with Gasteiger partial charge in [0.05, 0.1) is 11.1 Å². The third kappa shape index (κ3) is 2.12. The van der Waals surface area contributed by atoms with E-state index in [-0.39, 0.29) is 6.07 Å². The Morgan fingerprint density at radius 3 is 2.14 bits per heavy atom. The molecule has 1 N–H and O–H groups in total. The normalized spacial score (nSPS) is 12.1. The maximum absolute atomic E-state index is 12.1. The van der Waals surface area contributed by atoms with Gasteiger partial charge in [0.25, 0.3) is 6.43 Å². The second kappa shape index (κ2) is 3.43. The van der Waals surface area contributed by atoms with E-state index in [0.29, 0.717) is 12.1 Å². The Hall–Kier alpha value is -1.33. The van der Waals surface area contributed by atoms with Crippen molar-refractivity contribution < 1.29 is 27.1 Å². The summed E-state index contributed by atoms with van der Waals surface area (Å²) in [4.78, 5) is 0. The second-order valence-corrected chi connectivity index (χ2v) is 2.57.